The third kappa shape index (κ3) is 4.04. The summed E-state index contributed by atoms with van der Waals surface area (Å²) in [5.74, 6) is -0.0675. The quantitative estimate of drug-likeness (QED) is 0.701. The summed E-state index contributed by atoms with van der Waals surface area (Å²) < 4.78 is 5.50. The summed E-state index contributed by atoms with van der Waals surface area (Å²) in [6.07, 6.45) is 0. The van der Waals surface area contributed by atoms with E-state index in [9.17, 15) is 4.79 Å². The van der Waals surface area contributed by atoms with Crippen molar-refractivity contribution in [1.29, 1.82) is 0 Å². The van der Waals surface area contributed by atoms with Crippen LogP contribution >= 0.6 is 11.6 Å². The van der Waals surface area contributed by atoms with Gasteiger partial charge in [0.15, 0.2) is 0 Å². The first-order valence-electron chi connectivity index (χ1n) is 9.56. The van der Waals surface area contributed by atoms with Crippen LogP contribution in [0.1, 0.15) is 22.0 Å². The lowest BCUT2D eigenvalue weighted by atomic mass is 10.0. The Morgan fingerprint density at radius 1 is 1.00 bits per heavy atom. The van der Waals surface area contributed by atoms with Crippen molar-refractivity contribution in [3.63, 3.8) is 0 Å². The molecule has 0 unspecified atom stereocenters. The lowest BCUT2D eigenvalue weighted by Gasteiger charge is -2.35. The Balaban J connectivity index is 1.57. The van der Waals surface area contributed by atoms with E-state index in [2.05, 4.69) is 10.2 Å². The normalized spacial score (nSPS) is 16.0. The summed E-state index contributed by atoms with van der Waals surface area (Å²) in [6.45, 7) is 3.52. The molecule has 0 saturated carbocycles. The number of carbonyl (C=O) groups excluding carboxylic acids is 1. The highest BCUT2D eigenvalue weighted by Gasteiger charge is 2.25. The molecule has 1 aliphatic heterocycles. The highest BCUT2D eigenvalue weighted by Crippen LogP contribution is 2.28. The molecule has 1 aliphatic rings. The summed E-state index contributed by atoms with van der Waals surface area (Å²) >= 11 is 6.48. The molecule has 0 aliphatic carbocycles. The van der Waals surface area contributed by atoms with Gasteiger partial charge in [0, 0.05) is 30.2 Å². The maximum atomic E-state index is 13.0. The molecular formula is C23H23ClN2O2. The van der Waals surface area contributed by atoms with Crippen LogP contribution in [0.3, 0.4) is 0 Å². The van der Waals surface area contributed by atoms with Crippen LogP contribution in [0.4, 0.5) is 0 Å². The number of carbonyl (C=O) groups is 1. The summed E-state index contributed by atoms with van der Waals surface area (Å²) in [4.78, 5) is 15.3. The topological polar surface area (TPSA) is 41.6 Å². The van der Waals surface area contributed by atoms with Crippen molar-refractivity contribution in [1.82, 2.24) is 10.2 Å². The van der Waals surface area contributed by atoms with Crippen molar-refractivity contribution in [2.24, 2.45) is 0 Å². The van der Waals surface area contributed by atoms with Crippen LogP contribution in [0.2, 0.25) is 5.02 Å². The van der Waals surface area contributed by atoms with Gasteiger partial charge in [-0.1, -0.05) is 66.2 Å². The first kappa shape index (κ1) is 18.9. The maximum absolute atomic E-state index is 13.0. The first-order valence-corrected chi connectivity index (χ1v) is 9.94. The molecule has 4 rings (SSSR count). The molecule has 1 heterocycles. The third-order valence-electron chi connectivity index (χ3n) is 5.24. The van der Waals surface area contributed by atoms with Crippen LogP contribution in [0.5, 0.6) is 0 Å². The number of morpholine rings is 1. The van der Waals surface area contributed by atoms with Crippen molar-refractivity contribution in [3.8, 4) is 0 Å². The molecule has 1 amide bonds. The highest BCUT2D eigenvalue weighted by atomic mass is 35.5. The van der Waals surface area contributed by atoms with Gasteiger partial charge in [-0.2, -0.15) is 0 Å². The smallest absolute Gasteiger partial charge is 0.251 e. The number of nitrogens with zero attached hydrogens (tertiary/aromatic N) is 1. The number of ether oxygens (including phenoxy) is 1. The van der Waals surface area contributed by atoms with Gasteiger partial charge in [-0.3, -0.25) is 9.69 Å². The monoisotopic (exact) mass is 394 g/mol. The molecule has 0 bridgehead atoms. The zero-order valence-corrected chi connectivity index (χ0v) is 16.4. The molecule has 3 aromatic rings. The van der Waals surface area contributed by atoms with E-state index in [1.54, 1.807) is 0 Å². The predicted octanol–water partition coefficient (Wildman–Crippen LogP) is 4.30. The summed E-state index contributed by atoms with van der Waals surface area (Å²) in [6, 6.07) is 21.6. The van der Waals surface area contributed by atoms with Crippen molar-refractivity contribution < 1.29 is 9.53 Å². The number of halogens is 1. The number of fused-ring (bicyclic) bond motifs is 1. The van der Waals surface area contributed by atoms with Gasteiger partial charge in [-0.15, -0.1) is 0 Å². The van der Waals surface area contributed by atoms with Crippen LogP contribution in [-0.4, -0.2) is 43.7 Å². The Labute approximate surface area is 170 Å². The Hall–Kier alpha value is -2.40. The molecule has 1 N–H and O–H groups in total. The van der Waals surface area contributed by atoms with Crippen molar-refractivity contribution in [3.05, 3.63) is 82.9 Å². The van der Waals surface area contributed by atoms with Crippen LogP contribution in [0, 0.1) is 0 Å². The van der Waals surface area contributed by atoms with Gasteiger partial charge in [0.1, 0.15) is 0 Å². The zero-order valence-electron chi connectivity index (χ0n) is 15.6. The van der Waals surface area contributed by atoms with Crippen molar-refractivity contribution in [2.45, 2.75) is 6.04 Å². The van der Waals surface area contributed by atoms with E-state index in [4.69, 9.17) is 16.3 Å². The minimum atomic E-state index is -0.0675. The second kappa shape index (κ2) is 8.74. The molecule has 28 heavy (non-hydrogen) atoms. The molecule has 4 nitrogen and oxygen atoms in total. The van der Waals surface area contributed by atoms with E-state index in [0.29, 0.717) is 25.3 Å². The largest absolute Gasteiger partial charge is 0.379 e. The Bertz CT molecular complexity index is 964. The van der Waals surface area contributed by atoms with Crippen molar-refractivity contribution >= 4 is 28.3 Å². The summed E-state index contributed by atoms with van der Waals surface area (Å²) in [7, 11) is 0. The Morgan fingerprint density at radius 2 is 1.71 bits per heavy atom. The predicted molar refractivity (Wildman–Crippen MR) is 113 cm³/mol. The van der Waals surface area contributed by atoms with Gasteiger partial charge in [0.2, 0.25) is 0 Å². The number of rotatable bonds is 5. The van der Waals surface area contributed by atoms with E-state index in [0.717, 1.165) is 34.4 Å². The zero-order chi connectivity index (χ0) is 19.3. The van der Waals surface area contributed by atoms with Crippen molar-refractivity contribution in [2.75, 3.05) is 32.8 Å². The van der Waals surface area contributed by atoms with E-state index >= 15 is 0 Å². The Morgan fingerprint density at radius 3 is 2.54 bits per heavy atom. The SMILES string of the molecule is O=C(NC[C@H](c1ccccc1Cl)N1CCOCC1)c1cccc2ccccc12. The number of hydrogen-bond acceptors (Lipinski definition) is 3. The van der Waals surface area contributed by atoms with Gasteiger partial charge in [0.25, 0.3) is 5.91 Å². The lowest BCUT2D eigenvalue weighted by molar-refractivity contribution is 0.0162. The number of nitrogens with one attached hydrogen (secondary N) is 1. The average Bonchev–Trinajstić information content (AvgIpc) is 2.75. The van der Waals surface area contributed by atoms with Gasteiger partial charge in [-0.25, -0.2) is 0 Å². The fraction of sp³-hybridized carbons (Fsp3) is 0.261. The number of hydrogen-bond donors (Lipinski definition) is 1. The van der Waals surface area contributed by atoms with Gasteiger partial charge in [-0.05, 0) is 28.5 Å². The van der Waals surface area contributed by atoms with Crippen LogP contribution < -0.4 is 5.32 Å². The molecule has 5 heteroatoms. The minimum absolute atomic E-state index is 0.0107. The fourth-order valence-corrected chi connectivity index (χ4v) is 4.04. The van der Waals surface area contributed by atoms with Crippen LogP contribution in [-0.2, 0) is 4.74 Å². The van der Waals surface area contributed by atoms with Gasteiger partial charge in [0.05, 0.1) is 19.3 Å². The van der Waals surface area contributed by atoms with Crippen LogP contribution in [0.15, 0.2) is 66.7 Å². The van der Waals surface area contributed by atoms with Gasteiger partial charge >= 0.3 is 0 Å². The lowest BCUT2D eigenvalue weighted by Crippen LogP contribution is -2.44. The maximum Gasteiger partial charge on any atom is 0.251 e. The van der Waals surface area contributed by atoms with E-state index in [1.165, 1.54) is 0 Å². The standard InChI is InChI=1S/C23H23ClN2O2/c24-21-11-4-3-9-20(21)22(26-12-14-28-15-13-26)16-25-23(27)19-10-5-7-17-6-1-2-8-18(17)19/h1-11,22H,12-16H2,(H,25,27)/t22-/m1/s1. The number of benzene rings is 3. The summed E-state index contributed by atoms with van der Waals surface area (Å²) in [5.41, 5.74) is 1.72. The fourth-order valence-electron chi connectivity index (χ4n) is 3.78. The highest BCUT2D eigenvalue weighted by molar-refractivity contribution is 6.31. The second-order valence-electron chi connectivity index (χ2n) is 6.92. The average molecular weight is 395 g/mol. The molecule has 0 radical (unpaired) electrons. The van der Waals surface area contributed by atoms with E-state index in [-0.39, 0.29) is 11.9 Å². The molecule has 0 spiro atoms. The van der Waals surface area contributed by atoms with E-state index < -0.39 is 0 Å². The first-order chi connectivity index (χ1) is 13.7. The minimum Gasteiger partial charge on any atom is -0.379 e. The molecule has 1 atom stereocenters. The Kier molecular flexibility index (Phi) is 5.91. The second-order valence-corrected chi connectivity index (χ2v) is 7.33. The molecule has 144 valence electrons. The molecule has 1 saturated heterocycles. The molecule has 1 fully saturated rings. The summed E-state index contributed by atoms with van der Waals surface area (Å²) in [5, 5.41) is 5.88. The molecule has 0 aromatic heterocycles. The number of amides is 1. The third-order valence-corrected chi connectivity index (χ3v) is 5.59. The van der Waals surface area contributed by atoms with Gasteiger partial charge < -0.3 is 10.1 Å². The molecule has 3 aromatic carbocycles. The molecular weight excluding hydrogens is 372 g/mol. The van der Waals surface area contributed by atoms with E-state index in [1.807, 2.05) is 66.7 Å². The van der Waals surface area contributed by atoms with Crippen LogP contribution in [0.25, 0.3) is 10.8 Å².